The van der Waals surface area contributed by atoms with E-state index >= 15 is 0 Å². The van der Waals surface area contributed by atoms with Crippen LogP contribution >= 0.6 is 0 Å². The minimum absolute atomic E-state index is 0.146. The molecule has 0 aliphatic heterocycles. The van der Waals surface area contributed by atoms with Gasteiger partial charge in [-0.1, -0.05) is 54.6 Å². The minimum Gasteiger partial charge on any atom is -0.290 e. The van der Waals surface area contributed by atoms with E-state index in [1.807, 2.05) is 59.0 Å². The van der Waals surface area contributed by atoms with Gasteiger partial charge >= 0.3 is 0 Å². The number of benzene rings is 2. The SMILES string of the molecule is O=c1[nH]c2nnc(CC=Cc3ccccc3)n2c2ccccc12. The highest BCUT2D eigenvalue weighted by Gasteiger charge is 2.10. The predicted molar refractivity (Wildman–Crippen MR) is 90.3 cm³/mol. The van der Waals surface area contributed by atoms with E-state index in [0.717, 1.165) is 16.9 Å². The number of nitrogens with zero attached hydrogens (tertiary/aromatic N) is 3. The molecule has 1 N–H and O–H groups in total. The molecular formula is C18H14N4O. The van der Waals surface area contributed by atoms with E-state index in [0.29, 0.717) is 17.6 Å². The van der Waals surface area contributed by atoms with Gasteiger partial charge in [0.15, 0.2) is 0 Å². The van der Waals surface area contributed by atoms with Gasteiger partial charge in [0.1, 0.15) is 5.82 Å². The molecule has 0 bridgehead atoms. The van der Waals surface area contributed by atoms with Crippen LogP contribution in [0.25, 0.3) is 22.8 Å². The fourth-order valence-corrected chi connectivity index (χ4v) is 2.68. The molecule has 0 saturated carbocycles. The summed E-state index contributed by atoms with van der Waals surface area (Å²) in [5.74, 6) is 1.26. The van der Waals surface area contributed by atoms with Crippen molar-refractivity contribution in [3.8, 4) is 0 Å². The molecule has 0 amide bonds. The summed E-state index contributed by atoms with van der Waals surface area (Å²) in [7, 11) is 0. The molecule has 0 saturated heterocycles. The van der Waals surface area contributed by atoms with Gasteiger partial charge in [0, 0.05) is 6.42 Å². The Hall–Kier alpha value is -3.21. The lowest BCUT2D eigenvalue weighted by Gasteiger charge is -2.02. The molecule has 4 rings (SSSR count). The molecule has 0 radical (unpaired) electrons. The summed E-state index contributed by atoms with van der Waals surface area (Å²) in [5.41, 5.74) is 1.81. The summed E-state index contributed by atoms with van der Waals surface area (Å²) in [5, 5.41) is 8.92. The third-order valence-corrected chi connectivity index (χ3v) is 3.76. The smallest absolute Gasteiger partial charge is 0.260 e. The summed E-state index contributed by atoms with van der Waals surface area (Å²) < 4.78 is 1.89. The highest BCUT2D eigenvalue weighted by atomic mass is 16.1. The number of aromatic amines is 1. The van der Waals surface area contributed by atoms with Crippen molar-refractivity contribution in [1.82, 2.24) is 19.6 Å². The van der Waals surface area contributed by atoms with Crippen LogP contribution in [-0.2, 0) is 6.42 Å². The van der Waals surface area contributed by atoms with Gasteiger partial charge in [0.2, 0.25) is 5.78 Å². The standard InChI is InChI=1S/C18H14N4O/c23-17-14-10-4-5-11-15(14)22-16(20-21-18(22)19-17)12-6-9-13-7-2-1-3-8-13/h1-11H,12H2,(H,19,21,23). The van der Waals surface area contributed by atoms with E-state index in [2.05, 4.69) is 21.3 Å². The van der Waals surface area contributed by atoms with Crippen LogP contribution in [0.15, 0.2) is 65.5 Å². The number of allylic oxidation sites excluding steroid dienone is 1. The first kappa shape index (κ1) is 13.5. The first-order chi connectivity index (χ1) is 11.3. The largest absolute Gasteiger partial charge is 0.290 e. The number of para-hydroxylation sites is 1. The number of nitrogens with one attached hydrogen (secondary N) is 1. The predicted octanol–water partition coefficient (Wildman–Crippen LogP) is 2.83. The van der Waals surface area contributed by atoms with Crippen LogP contribution in [0.4, 0.5) is 0 Å². The van der Waals surface area contributed by atoms with E-state index in [-0.39, 0.29) is 5.56 Å². The number of hydrogen-bond donors (Lipinski definition) is 1. The molecule has 2 aromatic heterocycles. The Morgan fingerprint density at radius 1 is 1.00 bits per heavy atom. The summed E-state index contributed by atoms with van der Waals surface area (Å²) in [6.07, 6.45) is 4.73. The fraction of sp³-hybridized carbons (Fsp3) is 0.0556. The van der Waals surface area contributed by atoms with Crippen molar-refractivity contribution >= 4 is 22.8 Å². The Morgan fingerprint density at radius 2 is 1.78 bits per heavy atom. The minimum atomic E-state index is -0.146. The monoisotopic (exact) mass is 302 g/mol. The number of rotatable bonds is 3. The molecule has 5 nitrogen and oxygen atoms in total. The molecule has 112 valence electrons. The quantitative estimate of drug-likeness (QED) is 0.633. The number of H-pyrrole nitrogens is 1. The highest BCUT2D eigenvalue weighted by molar-refractivity contribution is 5.80. The summed E-state index contributed by atoms with van der Waals surface area (Å²) >= 11 is 0. The maximum absolute atomic E-state index is 12.1. The van der Waals surface area contributed by atoms with E-state index in [1.54, 1.807) is 6.07 Å². The van der Waals surface area contributed by atoms with E-state index in [1.165, 1.54) is 0 Å². The summed E-state index contributed by atoms with van der Waals surface area (Å²) in [4.78, 5) is 14.8. The molecule has 4 aromatic rings. The van der Waals surface area contributed by atoms with Crippen LogP contribution in [0.5, 0.6) is 0 Å². The third kappa shape index (κ3) is 2.42. The van der Waals surface area contributed by atoms with Gasteiger partial charge in [-0.2, -0.15) is 0 Å². The molecule has 23 heavy (non-hydrogen) atoms. The van der Waals surface area contributed by atoms with Crippen molar-refractivity contribution < 1.29 is 0 Å². The van der Waals surface area contributed by atoms with Crippen molar-refractivity contribution in [3.05, 3.63) is 82.4 Å². The van der Waals surface area contributed by atoms with Crippen LogP contribution in [0.3, 0.4) is 0 Å². The number of hydrogen-bond acceptors (Lipinski definition) is 3. The summed E-state index contributed by atoms with van der Waals surface area (Å²) in [6.45, 7) is 0. The highest BCUT2D eigenvalue weighted by Crippen LogP contribution is 2.13. The molecule has 0 aliphatic rings. The van der Waals surface area contributed by atoms with Crippen molar-refractivity contribution in [2.24, 2.45) is 0 Å². The Bertz CT molecular complexity index is 1060. The van der Waals surface area contributed by atoms with Gasteiger partial charge in [0.05, 0.1) is 10.9 Å². The number of aromatic nitrogens is 4. The van der Waals surface area contributed by atoms with Crippen LogP contribution in [0, 0.1) is 0 Å². The Balaban J connectivity index is 1.78. The van der Waals surface area contributed by atoms with Gasteiger partial charge in [0.25, 0.3) is 5.56 Å². The van der Waals surface area contributed by atoms with Crippen molar-refractivity contribution in [2.75, 3.05) is 0 Å². The lowest BCUT2D eigenvalue weighted by atomic mass is 10.2. The van der Waals surface area contributed by atoms with Gasteiger partial charge < -0.3 is 0 Å². The zero-order valence-electron chi connectivity index (χ0n) is 12.3. The molecule has 0 spiro atoms. The van der Waals surface area contributed by atoms with E-state index in [4.69, 9.17) is 0 Å². The van der Waals surface area contributed by atoms with Crippen LogP contribution in [0.2, 0.25) is 0 Å². The Morgan fingerprint density at radius 3 is 2.65 bits per heavy atom. The van der Waals surface area contributed by atoms with Crippen molar-refractivity contribution in [1.29, 1.82) is 0 Å². The maximum Gasteiger partial charge on any atom is 0.260 e. The lowest BCUT2D eigenvalue weighted by Crippen LogP contribution is -2.10. The van der Waals surface area contributed by atoms with Crippen LogP contribution in [-0.4, -0.2) is 19.6 Å². The molecule has 0 unspecified atom stereocenters. The zero-order valence-corrected chi connectivity index (χ0v) is 12.3. The van der Waals surface area contributed by atoms with E-state index < -0.39 is 0 Å². The van der Waals surface area contributed by atoms with E-state index in [9.17, 15) is 4.79 Å². The summed E-state index contributed by atoms with van der Waals surface area (Å²) in [6, 6.07) is 17.6. The average Bonchev–Trinajstić information content (AvgIpc) is 2.99. The first-order valence-electron chi connectivity index (χ1n) is 7.39. The topological polar surface area (TPSA) is 63.0 Å². The fourth-order valence-electron chi connectivity index (χ4n) is 2.68. The van der Waals surface area contributed by atoms with Crippen molar-refractivity contribution in [3.63, 3.8) is 0 Å². The molecule has 0 atom stereocenters. The Kier molecular flexibility index (Phi) is 3.24. The van der Waals surface area contributed by atoms with Crippen LogP contribution in [0.1, 0.15) is 11.4 Å². The maximum atomic E-state index is 12.1. The van der Waals surface area contributed by atoms with Gasteiger partial charge in [-0.25, -0.2) is 0 Å². The average molecular weight is 302 g/mol. The van der Waals surface area contributed by atoms with Crippen molar-refractivity contribution in [2.45, 2.75) is 6.42 Å². The second-order valence-electron chi connectivity index (χ2n) is 5.26. The van der Waals surface area contributed by atoms with Gasteiger partial charge in [-0.3, -0.25) is 14.2 Å². The molecular weight excluding hydrogens is 288 g/mol. The lowest BCUT2D eigenvalue weighted by molar-refractivity contribution is 0.968. The van der Waals surface area contributed by atoms with Crippen LogP contribution < -0.4 is 5.56 Å². The molecule has 2 heterocycles. The number of fused-ring (bicyclic) bond motifs is 3. The zero-order chi connectivity index (χ0) is 15.6. The first-order valence-corrected chi connectivity index (χ1v) is 7.39. The second-order valence-corrected chi connectivity index (χ2v) is 5.26. The normalized spacial score (nSPS) is 11.7. The molecule has 0 aliphatic carbocycles. The molecule has 5 heteroatoms. The molecule has 0 fully saturated rings. The molecule has 2 aromatic carbocycles. The second kappa shape index (κ2) is 5.53. The third-order valence-electron chi connectivity index (χ3n) is 3.76. The van der Waals surface area contributed by atoms with Gasteiger partial charge in [-0.15, -0.1) is 10.2 Å². The Labute approximate surface area is 131 Å². The van der Waals surface area contributed by atoms with Gasteiger partial charge in [-0.05, 0) is 17.7 Å².